The average molecular weight is 324 g/mol. The van der Waals surface area contributed by atoms with Crippen molar-refractivity contribution in [3.63, 3.8) is 0 Å². The first-order valence-corrected chi connectivity index (χ1v) is 7.61. The van der Waals surface area contributed by atoms with Crippen molar-refractivity contribution in [3.05, 3.63) is 34.3 Å². The van der Waals surface area contributed by atoms with E-state index in [9.17, 15) is 9.90 Å². The number of aliphatic hydroxyl groups is 1. The third kappa shape index (κ3) is 2.32. The molecular formula is C15H18BrNO2. The van der Waals surface area contributed by atoms with E-state index in [2.05, 4.69) is 28.1 Å². The molecule has 1 amide bonds. The number of nitrogens with zero attached hydrogens (tertiary/aromatic N) is 1. The molecule has 0 aromatic heterocycles. The van der Waals surface area contributed by atoms with Crippen molar-refractivity contribution in [1.29, 1.82) is 0 Å². The molecule has 1 saturated carbocycles. The van der Waals surface area contributed by atoms with Crippen LogP contribution in [0, 0.1) is 5.92 Å². The normalized spacial score (nSPS) is 24.5. The Bertz CT molecular complexity index is 499. The molecule has 1 unspecified atom stereocenters. The van der Waals surface area contributed by atoms with Gasteiger partial charge >= 0.3 is 0 Å². The second kappa shape index (κ2) is 4.91. The molecule has 2 fully saturated rings. The molecule has 19 heavy (non-hydrogen) atoms. The van der Waals surface area contributed by atoms with Crippen LogP contribution in [-0.2, 0) is 10.2 Å². The summed E-state index contributed by atoms with van der Waals surface area (Å²) >= 11 is 3.48. The molecule has 0 radical (unpaired) electrons. The van der Waals surface area contributed by atoms with Gasteiger partial charge in [0, 0.05) is 30.1 Å². The van der Waals surface area contributed by atoms with E-state index >= 15 is 0 Å². The lowest BCUT2D eigenvalue weighted by molar-refractivity contribution is -0.133. The van der Waals surface area contributed by atoms with Crippen molar-refractivity contribution in [2.24, 2.45) is 5.92 Å². The Balaban J connectivity index is 1.80. The molecule has 1 aliphatic carbocycles. The van der Waals surface area contributed by atoms with Crippen LogP contribution in [0.1, 0.15) is 24.8 Å². The number of carbonyl (C=O) groups excluding carboxylic acids is 1. The van der Waals surface area contributed by atoms with Crippen LogP contribution in [0.15, 0.2) is 28.7 Å². The van der Waals surface area contributed by atoms with Crippen LogP contribution in [0.5, 0.6) is 0 Å². The van der Waals surface area contributed by atoms with Crippen molar-refractivity contribution >= 4 is 21.8 Å². The second-order valence-electron chi connectivity index (χ2n) is 5.68. The van der Waals surface area contributed by atoms with Gasteiger partial charge in [-0.25, -0.2) is 0 Å². The van der Waals surface area contributed by atoms with Crippen LogP contribution in [-0.4, -0.2) is 35.6 Å². The highest BCUT2D eigenvalue weighted by atomic mass is 79.9. The number of aliphatic hydroxyl groups excluding tert-OH is 1. The zero-order chi connectivity index (χ0) is 13.5. The first-order valence-electron chi connectivity index (χ1n) is 6.82. The maximum absolute atomic E-state index is 12.7. The quantitative estimate of drug-likeness (QED) is 0.927. The topological polar surface area (TPSA) is 40.5 Å². The lowest BCUT2D eigenvalue weighted by atomic mass is 9.94. The number of halogens is 1. The number of hydrogen-bond acceptors (Lipinski definition) is 2. The third-order valence-corrected chi connectivity index (χ3v) is 4.86. The van der Waals surface area contributed by atoms with E-state index in [-0.39, 0.29) is 23.8 Å². The maximum Gasteiger partial charge on any atom is 0.233 e. The van der Waals surface area contributed by atoms with E-state index in [1.54, 1.807) is 0 Å². The van der Waals surface area contributed by atoms with Crippen molar-refractivity contribution in [2.45, 2.75) is 24.7 Å². The molecule has 1 saturated heterocycles. The smallest absolute Gasteiger partial charge is 0.233 e. The number of likely N-dealkylation sites (tertiary alicyclic amines) is 1. The van der Waals surface area contributed by atoms with E-state index in [0.29, 0.717) is 6.54 Å². The van der Waals surface area contributed by atoms with Crippen LogP contribution in [0.25, 0.3) is 0 Å². The maximum atomic E-state index is 12.7. The van der Waals surface area contributed by atoms with E-state index in [4.69, 9.17) is 0 Å². The standard InChI is InChI=1S/C15H18BrNO2/c16-13-3-1-2-12(8-13)15(5-6-15)14(19)17-7-4-11(9-17)10-18/h1-3,8,11,18H,4-7,9-10H2. The van der Waals surface area contributed by atoms with Gasteiger partial charge in [0.05, 0.1) is 5.41 Å². The summed E-state index contributed by atoms with van der Waals surface area (Å²) in [5, 5.41) is 9.19. The average Bonchev–Trinajstić information content (AvgIpc) is 3.09. The number of carbonyl (C=O) groups is 1. The molecule has 1 N–H and O–H groups in total. The summed E-state index contributed by atoms with van der Waals surface area (Å²) < 4.78 is 1.03. The first kappa shape index (κ1) is 13.1. The van der Waals surface area contributed by atoms with E-state index in [1.165, 1.54) is 0 Å². The molecule has 3 nitrogen and oxygen atoms in total. The van der Waals surface area contributed by atoms with Gasteiger partial charge < -0.3 is 10.0 Å². The molecule has 102 valence electrons. The molecule has 0 bridgehead atoms. The van der Waals surface area contributed by atoms with Gasteiger partial charge in [0.2, 0.25) is 5.91 Å². The Labute approximate surface area is 121 Å². The number of hydrogen-bond donors (Lipinski definition) is 1. The molecule has 4 heteroatoms. The lowest BCUT2D eigenvalue weighted by Gasteiger charge is -2.23. The summed E-state index contributed by atoms with van der Waals surface area (Å²) in [6.45, 7) is 1.69. The lowest BCUT2D eigenvalue weighted by Crippen LogP contribution is -2.38. The monoisotopic (exact) mass is 323 g/mol. The molecular weight excluding hydrogens is 306 g/mol. The van der Waals surface area contributed by atoms with Gasteiger partial charge in [0.25, 0.3) is 0 Å². The molecule has 1 aliphatic heterocycles. The van der Waals surface area contributed by atoms with Gasteiger partial charge in [-0.3, -0.25) is 4.79 Å². The molecule has 1 aromatic carbocycles. The van der Waals surface area contributed by atoms with Crippen LogP contribution in [0.2, 0.25) is 0 Å². The van der Waals surface area contributed by atoms with Crippen LogP contribution in [0.4, 0.5) is 0 Å². The van der Waals surface area contributed by atoms with Crippen LogP contribution in [0.3, 0.4) is 0 Å². The van der Waals surface area contributed by atoms with Gasteiger partial charge in [0.1, 0.15) is 0 Å². The Morgan fingerprint density at radius 1 is 1.47 bits per heavy atom. The SMILES string of the molecule is O=C(N1CCC(CO)C1)C1(c2cccc(Br)c2)CC1. The first-order chi connectivity index (χ1) is 9.15. The van der Waals surface area contributed by atoms with E-state index < -0.39 is 0 Å². The highest BCUT2D eigenvalue weighted by Gasteiger charge is 2.53. The van der Waals surface area contributed by atoms with Crippen molar-refractivity contribution in [2.75, 3.05) is 19.7 Å². The second-order valence-corrected chi connectivity index (χ2v) is 6.60. The van der Waals surface area contributed by atoms with Crippen molar-refractivity contribution in [3.8, 4) is 0 Å². The Morgan fingerprint density at radius 3 is 2.84 bits per heavy atom. The number of benzene rings is 1. The van der Waals surface area contributed by atoms with E-state index in [0.717, 1.165) is 35.8 Å². The van der Waals surface area contributed by atoms with Gasteiger partial charge in [0.15, 0.2) is 0 Å². The fourth-order valence-electron chi connectivity index (χ4n) is 3.01. The van der Waals surface area contributed by atoms with Gasteiger partial charge in [-0.05, 0) is 37.0 Å². The van der Waals surface area contributed by atoms with Gasteiger partial charge in [-0.1, -0.05) is 28.1 Å². The largest absolute Gasteiger partial charge is 0.396 e. The molecule has 2 aliphatic rings. The van der Waals surface area contributed by atoms with Crippen LogP contribution < -0.4 is 0 Å². The minimum Gasteiger partial charge on any atom is -0.396 e. The minimum atomic E-state index is -0.284. The van der Waals surface area contributed by atoms with Crippen LogP contribution >= 0.6 is 15.9 Å². The van der Waals surface area contributed by atoms with Gasteiger partial charge in [-0.2, -0.15) is 0 Å². The highest BCUT2D eigenvalue weighted by molar-refractivity contribution is 9.10. The highest BCUT2D eigenvalue weighted by Crippen LogP contribution is 2.50. The predicted octanol–water partition coefficient (Wildman–Crippen LogP) is 2.32. The summed E-state index contributed by atoms with van der Waals surface area (Å²) in [5.74, 6) is 0.517. The number of rotatable bonds is 3. The zero-order valence-electron chi connectivity index (χ0n) is 10.8. The Kier molecular flexibility index (Phi) is 3.39. The van der Waals surface area contributed by atoms with Crippen molar-refractivity contribution in [1.82, 2.24) is 4.90 Å². The zero-order valence-corrected chi connectivity index (χ0v) is 12.4. The van der Waals surface area contributed by atoms with Gasteiger partial charge in [-0.15, -0.1) is 0 Å². The summed E-state index contributed by atoms with van der Waals surface area (Å²) in [6, 6.07) is 8.09. The predicted molar refractivity (Wildman–Crippen MR) is 76.8 cm³/mol. The summed E-state index contributed by atoms with van der Waals surface area (Å²) in [5.41, 5.74) is 0.841. The third-order valence-electron chi connectivity index (χ3n) is 4.37. The summed E-state index contributed by atoms with van der Waals surface area (Å²) in [4.78, 5) is 14.7. The molecule has 3 rings (SSSR count). The fraction of sp³-hybridized carbons (Fsp3) is 0.533. The summed E-state index contributed by atoms with van der Waals surface area (Å²) in [7, 11) is 0. The van der Waals surface area contributed by atoms with E-state index in [1.807, 2.05) is 17.0 Å². The minimum absolute atomic E-state index is 0.188. The Morgan fingerprint density at radius 2 is 2.26 bits per heavy atom. The number of amides is 1. The van der Waals surface area contributed by atoms with Crippen molar-refractivity contribution < 1.29 is 9.90 Å². The fourth-order valence-corrected chi connectivity index (χ4v) is 3.41. The molecule has 0 spiro atoms. The molecule has 1 aromatic rings. The Hall–Kier alpha value is -0.870. The molecule has 1 heterocycles. The summed E-state index contributed by atoms with van der Waals surface area (Å²) in [6.07, 6.45) is 2.82. The molecule has 1 atom stereocenters.